The third-order valence-corrected chi connectivity index (χ3v) is 3.97. The Morgan fingerprint density at radius 2 is 1.91 bits per heavy atom. The summed E-state index contributed by atoms with van der Waals surface area (Å²) in [6.45, 7) is 0.281. The molecule has 6 nitrogen and oxygen atoms in total. The standard InChI is InChI=1S/C17H18N2O4/c1-22-13-6-4-12(5-7-13)19-16(21)17(8-9-17)15(20)18-11-14-3-2-10-23-14/h2-7,10H,8-9,11H2,1H3,(H,18,20)(H,19,21). The highest BCUT2D eigenvalue weighted by atomic mass is 16.5. The number of rotatable bonds is 6. The number of carbonyl (C=O) groups excluding carboxylic acids is 2. The summed E-state index contributed by atoms with van der Waals surface area (Å²) in [5.74, 6) is 0.824. The zero-order valence-electron chi connectivity index (χ0n) is 12.8. The average molecular weight is 314 g/mol. The van der Waals surface area contributed by atoms with Gasteiger partial charge in [0.2, 0.25) is 11.8 Å². The fourth-order valence-corrected chi connectivity index (χ4v) is 2.36. The van der Waals surface area contributed by atoms with Gasteiger partial charge in [-0.15, -0.1) is 0 Å². The third-order valence-electron chi connectivity index (χ3n) is 3.97. The Morgan fingerprint density at radius 1 is 1.17 bits per heavy atom. The van der Waals surface area contributed by atoms with Crippen molar-refractivity contribution in [2.75, 3.05) is 12.4 Å². The quantitative estimate of drug-likeness (QED) is 0.802. The van der Waals surface area contributed by atoms with E-state index >= 15 is 0 Å². The van der Waals surface area contributed by atoms with E-state index in [-0.39, 0.29) is 18.4 Å². The van der Waals surface area contributed by atoms with E-state index in [0.717, 1.165) is 0 Å². The van der Waals surface area contributed by atoms with Crippen molar-refractivity contribution in [1.29, 1.82) is 0 Å². The van der Waals surface area contributed by atoms with Crippen LogP contribution in [0.5, 0.6) is 5.75 Å². The first-order valence-corrected chi connectivity index (χ1v) is 7.40. The fourth-order valence-electron chi connectivity index (χ4n) is 2.36. The van der Waals surface area contributed by atoms with Crippen molar-refractivity contribution >= 4 is 17.5 Å². The molecule has 23 heavy (non-hydrogen) atoms. The van der Waals surface area contributed by atoms with Gasteiger partial charge in [-0.05, 0) is 49.2 Å². The van der Waals surface area contributed by atoms with Crippen molar-refractivity contribution in [1.82, 2.24) is 5.32 Å². The minimum Gasteiger partial charge on any atom is -0.497 e. The molecule has 0 saturated heterocycles. The lowest BCUT2D eigenvalue weighted by molar-refractivity contribution is -0.134. The van der Waals surface area contributed by atoms with Crippen LogP contribution in [0.4, 0.5) is 5.69 Å². The van der Waals surface area contributed by atoms with Gasteiger partial charge in [0, 0.05) is 5.69 Å². The number of amides is 2. The number of ether oxygens (including phenoxy) is 1. The molecule has 120 valence electrons. The van der Waals surface area contributed by atoms with Gasteiger partial charge in [-0.2, -0.15) is 0 Å². The average Bonchev–Trinajstić information content (AvgIpc) is 3.23. The smallest absolute Gasteiger partial charge is 0.240 e. The highest BCUT2D eigenvalue weighted by Gasteiger charge is 2.56. The maximum Gasteiger partial charge on any atom is 0.240 e. The van der Waals surface area contributed by atoms with Crippen LogP contribution in [-0.4, -0.2) is 18.9 Å². The predicted molar refractivity (Wildman–Crippen MR) is 83.8 cm³/mol. The van der Waals surface area contributed by atoms with Crippen LogP contribution in [0.3, 0.4) is 0 Å². The monoisotopic (exact) mass is 314 g/mol. The zero-order chi connectivity index (χ0) is 16.3. The van der Waals surface area contributed by atoms with Crippen molar-refractivity contribution < 1.29 is 18.7 Å². The van der Waals surface area contributed by atoms with Gasteiger partial charge in [-0.25, -0.2) is 0 Å². The minimum atomic E-state index is -0.966. The van der Waals surface area contributed by atoms with Crippen LogP contribution < -0.4 is 15.4 Å². The summed E-state index contributed by atoms with van der Waals surface area (Å²) in [6.07, 6.45) is 2.66. The summed E-state index contributed by atoms with van der Waals surface area (Å²) in [7, 11) is 1.58. The van der Waals surface area contributed by atoms with Crippen LogP contribution in [0.1, 0.15) is 18.6 Å². The van der Waals surface area contributed by atoms with E-state index in [4.69, 9.17) is 9.15 Å². The summed E-state index contributed by atoms with van der Waals surface area (Å²) >= 11 is 0. The molecule has 1 heterocycles. The lowest BCUT2D eigenvalue weighted by atomic mass is 10.0. The van der Waals surface area contributed by atoms with Crippen molar-refractivity contribution in [3.8, 4) is 5.75 Å². The van der Waals surface area contributed by atoms with Crippen molar-refractivity contribution in [3.63, 3.8) is 0 Å². The van der Waals surface area contributed by atoms with Gasteiger partial charge in [0.1, 0.15) is 16.9 Å². The number of anilines is 1. The number of benzene rings is 1. The van der Waals surface area contributed by atoms with Crippen LogP contribution in [0, 0.1) is 5.41 Å². The van der Waals surface area contributed by atoms with Gasteiger partial charge in [0.15, 0.2) is 0 Å². The predicted octanol–water partition coefficient (Wildman–Crippen LogP) is 2.32. The highest BCUT2D eigenvalue weighted by molar-refractivity contribution is 6.13. The molecule has 1 aromatic carbocycles. The molecule has 6 heteroatoms. The molecule has 2 N–H and O–H groups in total. The largest absolute Gasteiger partial charge is 0.497 e. The molecular formula is C17H18N2O4. The topological polar surface area (TPSA) is 80.6 Å². The van der Waals surface area contributed by atoms with Gasteiger partial charge in [0.05, 0.1) is 19.9 Å². The molecule has 0 atom stereocenters. The van der Waals surface area contributed by atoms with Crippen molar-refractivity contribution in [2.24, 2.45) is 5.41 Å². The molecule has 0 bridgehead atoms. The SMILES string of the molecule is COc1ccc(NC(=O)C2(C(=O)NCc3ccco3)CC2)cc1. The summed E-state index contributed by atoms with van der Waals surface area (Å²) in [6, 6.07) is 10.5. The number of hydrogen-bond acceptors (Lipinski definition) is 4. The molecule has 1 aromatic heterocycles. The number of methoxy groups -OCH3 is 1. The molecular weight excluding hydrogens is 296 g/mol. The molecule has 1 fully saturated rings. The Morgan fingerprint density at radius 3 is 2.48 bits per heavy atom. The van der Waals surface area contributed by atoms with Crippen LogP contribution in [0.25, 0.3) is 0 Å². The first-order valence-electron chi connectivity index (χ1n) is 7.40. The normalized spacial score (nSPS) is 14.8. The van der Waals surface area contributed by atoms with E-state index in [0.29, 0.717) is 30.0 Å². The van der Waals surface area contributed by atoms with Gasteiger partial charge < -0.3 is 19.8 Å². The summed E-state index contributed by atoms with van der Waals surface area (Å²) in [5.41, 5.74) is -0.326. The second-order valence-electron chi connectivity index (χ2n) is 5.53. The molecule has 2 amide bonds. The number of carbonyl (C=O) groups is 2. The second kappa shape index (κ2) is 6.16. The van der Waals surface area contributed by atoms with Crippen molar-refractivity contribution in [3.05, 3.63) is 48.4 Å². The van der Waals surface area contributed by atoms with E-state index in [2.05, 4.69) is 10.6 Å². The summed E-state index contributed by atoms with van der Waals surface area (Å²) in [4.78, 5) is 24.7. The number of furan rings is 1. The van der Waals surface area contributed by atoms with Crippen LogP contribution in [-0.2, 0) is 16.1 Å². The van der Waals surface area contributed by atoms with Gasteiger partial charge in [0.25, 0.3) is 0 Å². The molecule has 3 rings (SSSR count). The Balaban J connectivity index is 1.59. The van der Waals surface area contributed by atoms with Crippen LogP contribution in [0.2, 0.25) is 0 Å². The molecule has 0 aliphatic heterocycles. The first-order chi connectivity index (χ1) is 11.1. The molecule has 0 spiro atoms. The van der Waals surface area contributed by atoms with Crippen molar-refractivity contribution in [2.45, 2.75) is 19.4 Å². The zero-order valence-corrected chi connectivity index (χ0v) is 12.8. The highest BCUT2D eigenvalue weighted by Crippen LogP contribution is 2.46. The van der Waals surface area contributed by atoms with Gasteiger partial charge >= 0.3 is 0 Å². The van der Waals surface area contributed by atoms with Gasteiger partial charge in [-0.3, -0.25) is 9.59 Å². The molecule has 0 radical (unpaired) electrons. The fraction of sp³-hybridized carbons (Fsp3) is 0.294. The lowest BCUT2D eigenvalue weighted by Crippen LogP contribution is -2.39. The maximum atomic E-state index is 12.4. The van der Waals surface area contributed by atoms with Crippen LogP contribution in [0.15, 0.2) is 47.1 Å². The van der Waals surface area contributed by atoms with Crippen LogP contribution >= 0.6 is 0 Å². The molecule has 1 saturated carbocycles. The summed E-state index contributed by atoms with van der Waals surface area (Å²) < 4.78 is 10.2. The first kappa shape index (κ1) is 15.1. The Kier molecular flexibility index (Phi) is 4.06. The Bertz CT molecular complexity index is 688. The van der Waals surface area contributed by atoms with E-state index in [9.17, 15) is 9.59 Å². The Labute approximate surface area is 133 Å². The van der Waals surface area contributed by atoms with E-state index in [1.165, 1.54) is 0 Å². The minimum absolute atomic E-state index is 0.264. The third kappa shape index (κ3) is 3.21. The van der Waals surface area contributed by atoms with E-state index in [1.54, 1.807) is 49.8 Å². The second-order valence-corrected chi connectivity index (χ2v) is 5.53. The molecule has 2 aromatic rings. The molecule has 0 unspecified atom stereocenters. The number of nitrogens with one attached hydrogen (secondary N) is 2. The Hall–Kier alpha value is -2.76. The van der Waals surface area contributed by atoms with Gasteiger partial charge in [-0.1, -0.05) is 0 Å². The molecule has 1 aliphatic carbocycles. The van der Waals surface area contributed by atoms with E-state index < -0.39 is 5.41 Å². The maximum absolute atomic E-state index is 12.4. The van der Waals surface area contributed by atoms with E-state index in [1.807, 2.05) is 0 Å². The molecule has 1 aliphatic rings. The number of hydrogen-bond donors (Lipinski definition) is 2. The summed E-state index contributed by atoms with van der Waals surface area (Å²) in [5, 5.41) is 5.55. The lowest BCUT2D eigenvalue weighted by Gasteiger charge is -2.15.